The zero-order chi connectivity index (χ0) is 14.0. The highest BCUT2D eigenvalue weighted by atomic mass is 16.2. The average molecular weight is 260 g/mol. The molecule has 19 heavy (non-hydrogen) atoms. The number of hydrogen-bond acceptors (Lipinski definition) is 3. The number of likely N-dealkylation sites (tertiary alicyclic amines) is 1. The van der Waals surface area contributed by atoms with Crippen molar-refractivity contribution in [1.29, 1.82) is 0 Å². The van der Waals surface area contributed by atoms with E-state index in [1.54, 1.807) is 0 Å². The summed E-state index contributed by atoms with van der Waals surface area (Å²) in [5.74, 6) is -0.187. The van der Waals surface area contributed by atoms with Crippen molar-refractivity contribution in [1.82, 2.24) is 10.2 Å². The second kappa shape index (κ2) is 5.53. The summed E-state index contributed by atoms with van der Waals surface area (Å²) in [7, 11) is 0. The van der Waals surface area contributed by atoms with Crippen LogP contribution in [0.15, 0.2) is 24.3 Å². The van der Waals surface area contributed by atoms with E-state index in [9.17, 15) is 9.59 Å². The third kappa shape index (κ3) is 3.01. The molecule has 4 heteroatoms. The van der Waals surface area contributed by atoms with Gasteiger partial charge in [-0.2, -0.15) is 0 Å². The van der Waals surface area contributed by atoms with E-state index in [0.29, 0.717) is 6.54 Å². The first kappa shape index (κ1) is 13.7. The van der Waals surface area contributed by atoms with Gasteiger partial charge in [-0.15, -0.1) is 0 Å². The first-order chi connectivity index (χ1) is 8.99. The maximum atomic E-state index is 12.1. The Morgan fingerprint density at radius 2 is 1.89 bits per heavy atom. The molecule has 2 amide bonds. The number of carbonyl (C=O) groups is 2. The Hall–Kier alpha value is -1.68. The van der Waals surface area contributed by atoms with Crippen LogP contribution in [0.3, 0.4) is 0 Å². The van der Waals surface area contributed by atoms with Crippen molar-refractivity contribution >= 4 is 11.8 Å². The molecule has 0 radical (unpaired) electrons. The lowest BCUT2D eigenvalue weighted by Crippen LogP contribution is -2.41. The van der Waals surface area contributed by atoms with E-state index in [2.05, 4.69) is 5.32 Å². The standard InChI is InChI=1S/C15H20N2O2/c1-10(2)17-14(18)8-13(15(17)19)16-9-12-6-4-11(3)5-7-12/h4-7,10,13,16H,8-9H2,1-3H3. The lowest BCUT2D eigenvalue weighted by atomic mass is 10.1. The Morgan fingerprint density at radius 3 is 2.42 bits per heavy atom. The molecule has 1 fully saturated rings. The van der Waals surface area contributed by atoms with E-state index in [1.165, 1.54) is 10.5 Å². The van der Waals surface area contributed by atoms with Crippen molar-refractivity contribution in [2.24, 2.45) is 0 Å². The Kier molecular flexibility index (Phi) is 4.00. The number of imide groups is 1. The number of nitrogens with one attached hydrogen (secondary N) is 1. The van der Waals surface area contributed by atoms with Crippen LogP contribution < -0.4 is 5.32 Å². The monoisotopic (exact) mass is 260 g/mol. The van der Waals surface area contributed by atoms with Crippen LogP contribution in [-0.2, 0) is 16.1 Å². The summed E-state index contributed by atoms with van der Waals surface area (Å²) in [6, 6.07) is 7.70. The van der Waals surface area contributed by atoms with E-state index >= 15 is 0 Å². The number of benzene rings is 1. The van der Waals surface area contributed by atoms with E-state index in [4.69, 9.17) is 0 Å². The highest BCUT2D eigenvalue weighted by Crippen LogP contribution is 2.16. The zero-order valence-electron chi connectivity index (χ0n) is 11.6. The van der Waals surface area contributed by atoms with Gasteiger partial charge in [0.25, 0.3) is 0 Å². The van der Waals surface area contributed by atoms with Crippen molar-refractivity contribution in [3.05, 3.63) is 35.4 Å². The lowest BCUT2D eigenvalue weighted by Gasteiger charge is -2.19. The number of aryl methyl sites for hydroxylation is 1. The quantitative estimate of drug-likeness (QED) is 0.837. The number of rotatable bonds is 4. The second-order valence-corrected chi connectivity index (χ2v) is 5.32. The zero-order valence-corrected chi connectivity index (χ0v) is 11.6. The molecule has 1 aromatic rings. The van der Waals surface area contributed by atoms with Crippen molar-refractivity contribution in [3.63, 3.8) is 0 Å². The van der Waals surface area contributed by atoms with Gasteiger partial charge in [0.1, 0.15) is 0 Å². The van der Waals surface area contributed by atoms with E-state index < -0.39 is 0 Å². The predicted molar refractivity (Wildman–Crippen MR) is 73.4 cm³/mol. The Balaban J connectivity index is 1.96. The highest BCUT2D eigenvalue weighted by molar-refractivity contribution is 6.05. The molecule has 0 aliphatic carbocycles. The first-order valence-corrected chi connectivity index (χ1v) is 6.64. The highest BCUT2D eigenvalue weighted by Gasteiger charge is 2.39. The Morgan fingerprint density at radius 1 is 1.26 bits per heavy atom. The maximum Gasteiger partial charge on any atom is 0.247 e. The van der Waals surface area contributed by atoms with Crippen molar-refractivity contribution < 1.29 is 9.59 Å². The van der Waals surface area contributed by atoms with Gasteiger partial charge < -0.3 is 5.32 Å². The molecule has 102 valence electrons. The smallest absolute Gasteiger partial charge is 0.247 e. The maximum absolute atomic E-state index is 12.1. The van der Waals surface area contributed by atoms with E-state index in [0.717, 1.165) is 5.56 Å². The van der Waals surface area contributed by atoms with Gasteiger partial charge in [-0.3, -0.25) is 14.5 Å². The molecule has 1 atom stereocenters. The molecule has 0 saturated carbocycles. The molecule has 1 aromatic carbocycles. The molecule has 0 bridgehead atoms. The summed E-state index contributed by atoms with van der Waals surface area (Å²) in [6.07, 6.45) is 0.267. The summed E-state index contributed by atoms with van der Waals surface area (Å²) in [4.78, 5) is 25.2. The summed E-state index contributed by atoms with van der Waals surface area (Å²) < 4.78 is 0. The molecule has 1 heterocycles. The average Bonchev–Trinajstić information content (AvgIpc) is 2.63. The third-order valence-electron chi connectivity index (χ3n) is 3.37. The van der Waals surface area contributed by atoms with Gasteiger partial charge in [0.15, 0.2) is 0 Å². The third-order valence-corrected chi connectivity index (χ3v) is 3.37. The van der Waals surface area contributed by atoms with Crippen molar-refractivity contribution in [2.75, 3.05) is 0 Å². The molecule has 1 N–H and O–H groups in total. The predicted octanol–water partition coefficient (Wildman–Crippen LogP) is 1.62. The van der Waals surface area contributed by atoms with Crippen LogP contribution in [0.25, 0.3) is 0 Å². The van der Waals surface area contributed by atoms with Gasteiger partial charge >= 0.3 is 0 Å². The minimum atomic E-state index is -0.379. The van der Waals surface area contributed by atoms with Gasteiger partial charge in [-0.25, -0.2) is 0 Å². The molecule has 1 aliphatic rings. The molecule has 1 aliphatic heterocycles. The summed E-state index contributed by atoms with van der Waals surface area (Å²) in [5.41, 5.74) is 2.33. The summed E-state index contributed by atoms with van der Waals surface area (Å²) >= 11 is 0. The van der Waals surface area contributed by atoms with Crippen molar-refractivity contribution in [3.8, 4) is 0 Å². The molecular formula is C15H20N2O2. The van der Waals surface area contributed by atoms with Crippen LogP contribution in [0.2, 0.25) is 0 Å². The Labute approximate surface area is 113 Å². The number of hydrogen-bond donors (Lipinski definition) is 1. The van der Waals surface area contributed by atoms with Crippen LogP contribution in [0.4, 0.5) is 0 Å². The van der Waals surface area contributed by atoms with Crippen LogP contribution in [0.1, 0.15) is 31.4 Å². The van der Waals surface area contributed by atoms with Crippen LogP contribution in [0.5, 0.6) is 0 Å². The molecule has 4 nitrogen and oxygen atoms in total. The normalized spacial score (nSPS) is 19.6. The first-order valence-electron chi connectivity index (χ1n) is 6.64. The fourth-order valence-electron chi connectivity index (χ4n) is 2.30. The second-order valence-electron chi connectivity index (χ2n) is 5.32. The van der Waals surface area contributed by atoms with Gasteiger partial charge in [0.2, 0.25) is 11.8 Å². The fourth-order valence-corrected chi connectivity index (χ4v) is 2.30. The van der Waals surface area contributed by atoms with Crippen LogP contribution >= 0.6 is 0 Å². The van der Waals surface area contributed by atoms with E-state index in [1.807, 2.05) is 45.0 Å². The van der Waals surface area contributed by atoms with Gasteiger partial charge in [-0.1, -0.05) is 29.8 Å². The molecule has 1 unspecified atom stereocenters. The van der Waals surface area contributed by atoms with Gasteiger partial charge in [0, 0.05) is 12.6 Å². The number of nitrogens with zero attached hydrogens (tertiary/aromatic N) is 1. The van der Waals surface area contributed by atoms with Gasteiger partial charge in [0.05, 0.1) is 12.5 Å². The topological polar surface area (TPSA) is 49.4 Å². The lowest BCUT2D eigenvalue weighted by molar-refractivity contribution is -0.140. The molecule has 0 spiro atoms. The molecule has 2 rings (SSSR count). The minimum absolute atomic E-state index is 0.0637. The molecule has 1 saturated heterocycles. The number of amides is 2. The van der Waals surface area contributed by atoms with Gasteiger partial charge in [-0.05, 0) is 26.3 Å². The fraction of sp³-hybridized carbons (Fsp3) is 0.467. The van der Waals surface area contributed by atoms with Crippen LogP contribution in [-0.4, -0.2) is 28.8 Å². The summed E-state index contributed by atoms with van der Waals surface area (Å²) in [5, 5.41) is 3.17. The molecule has 0 aromatic heterocycles. The SMILES string of the molecule is Cc1ccc(CNC2CC(=O)N(C(C)C)C2=O)cc1. The Bertz CT molecular complexity index is 479. The van der Waals surface area contributed by atoms with Crippen LogP contribution in [0, 0.1) is 6.92 Å². The number of carbonyl (C=O) groups excluding carboxylic acids is 2. The molecular weight excluding hydrogens is 240 g/mol. The van der Waals surface area contributed by atoms with Crippen molar-refractivity contribution in [2.45, 2.75) is 45.8 Å². The minimum Gasteiger partial charge on any atom is -0.301 e. The summed E-state index contributed by atoms with van der Waals surface area (Å²) in [6.45, 7) is 6.36. The largest absolute Gasteiger partial charge is 0.301 e. The van der Waals surface area contributed by atoms with E-state index in [-0.39, 0.29) is 30.3 Å².